The van der Waals surface area contributed by atoms with Gasteiger partial charge in [-0.25, -0.2) is 14.8 Å². The van der Waals surface area contributed by atoms with Crippen LogP contribution in [0.4, 0.5) is 5.82 Å². The summed E-state index contributed by atoms with van der Waals surface area (Å²) in [5, 5.41) is 5.74. The average molecular weight is 300 g/mol. The zero-order valence-electron chi connectivity index (χ0n) is 10.7. The molecule has 2 rings (SSSR count). The molecule has 5 nitrogen and oxygen atoms in total. The van der Waals surface area contributed by atoms with Crippen molar-refractivity contribution in [3.63, 3.8) is 0 Å². The van der Waals surface area contributed by atoms with Gasteiger partial charge >= 0.3 is 5.97 Å². The van der Waals surface area contributed by atoms with Crippen molar-refractivity contribution in [3.05, 3.63) is 16.2 Å². The van der Waals surface area contributed by atoms with Gasteiger partial charge < -0.3 is 10.1 Å². The maximum absolute atomic E-state index is 11.9. The van der Waals surface area contributed by atoms with Crippen LogP contribution in [0.15, 0.2) is 5.38 Å². The van der Waals surface area contributed by atoms with Crippen molar-refractivity contribution in [1.29, 1.82) is 0 Å². The van der Waals surface area contributed by atoms with Gasteiger partial charge in [0.2, 0.25) is 5.28 Å². The molecule has 0 atom stereocenters. The van der Waals surface area contributed by atoms with Crippen molar-refractivity contribution < 1.29 is 9.53 Å². The minimum atomic E-state index is -0.362. The second-order valence-corrected chi connectivity index (χ2v) is 5.01. The lowest BCUT2D eigenvalue weighted by molar-refractivity contribution is 0.0529. The second kappa shape index (κ2) is 6.16. The quantitative estimate of drug-likeness (QED) is 0.677. The normalized spacial score (nSPS) is 10.7. The average Bonchev–Trinajstić information content (AvgIpc) is 2.79. The van der Waals surface area contributed by atoms with Gasteiger partial charge in [0, 0.05) is 11.9 Å². The van der Waals surface area contributed by atoms with Crippen molar-refractivity contribution in [2.45, 2.75) is 20.3 Å². The summed E-state index contributed by atoms with van der Waals surface area (Å²) in [6.07, 6.45) is 0.946. The van der Waals surface area contributed by atoms with Crippen molar-refractivity contribution >= 4 is 44.9 Å². The zero-order chi connectivity index (χ0) is 13.8. The van der Waals surface area contributed by atoms with Crippen LogP contribution in [-0.2, 0) is 4.74 Å². The molecule has 2 aromatic rings. The fraction of sp³-hybridized carbons (Fsp3) is 0.417. The van der Waals surface area contributed by atoms with Gasteiger partial charge in [-0.2, -0.15) is 0 Å². The molecule has 0 aliphatic rings. The molecule has 0 aliphatic heterocycles. The molecule has 0 amide bonds. The highest BCUT2D eigenvalue weighted by Gasteiger charge is 2.19. The Morgan fingerprint density at radius 1 is 1.47 bits per heavy atom. The molecule has 2 heterocycles. The summed E-state index contributed by atoms with van der Waals surface area (Å²) in [6, 6.07) is 0. The number of nitrogens with zero attached hydrogens (tertiary/aromatic N) is 2. The van der Waals surface area contributed by atoms with E-state index in [1.54, 1.807) is 12.3 Å². The number of carbonyl (C=O) groups excluding carboxylic acids is 1. The van der Waals surface area contributed by atoms with Gasteiger partial charge in [-0.1, -0.05) is 6.92 Å². The number of fused-ring (bicyclic) bond motifs is 1. The Bertz CT molecular complexity index is 600. The first-order valence-electron chi connectivity index (χ1n) is 6.03. The Balaban J connectivity index is 2.51. The summed E-state index contributed by atoms with van der Waals surface area (Å²) < 4.78 is 5.04. The van der Waals surface area contributed by atoms with Crippen LogP contribution in [0.5, 0.6) is 0 Å². The monoisotopic (exact) mass is 299 g/mol. The van der Waals surface area contributed by atoms with E-state index < -0.39 is 0 Å². The summed E-state index contributed by atoms with van der Waals surface area (Å²) in [4.78, 5) is 20.9. The molecule has 0 radical (unpaired) electrons. The number of anilines is 1. The first kappa shape index (κ1) is 14.0. The van der Waals surface area contributed by atoms with Crippen LogP contribution < -0.4 is 5.32 Å². The van der Waals surface area contributed by atoms with E-state index in [2.05, 4.69) is 15.3 Å². The minimum absolute atomic E-state index is 0.170. The van der Waals surface area contributed by atoms with E-state index in [-0.39, 0.29) is 11.3 Å². The first-order valence-corrected chi connectivity index (χ1v) is 7.28. The van der Waals surface area contributed by atoms with Crippen LogP contribution in [0, 0.1) is 0 Å². The van der Waals surface area contributed by atoms with E-state index in [1.165, 1.54) is 11.3 Å². The fourth-order valence-corrected chi connectivity index (χ4v) is 2.77. The third-order valence-electron chi connectivity index (χ3n) is 2.44. The van der Waals surface area contributed by atoms with Crippen molar-refractivity contribution in [1.82, 2.24) is 9.97 Å². The number of aromatic nitrogens is 2. The zero-order valence-corrected chi connectivity index (χ0v) is 12.3. The summed E-state index contributed by atoms with van der Waals surface area (Å²) in [5.74, 6) is 0.223. The number of halogens is 1. The molecule has 19 heavy (non-hydrogen) atoms. The van der Waals surface area contributed by atoms with Crippen LogP contribution in [0.25, 0.3) is 10.2 Å². The molecule has 102 valence electrons. The second-order valence-electron chi connectivity index (χ2n) is 3.82. The number of carbonyl (C=O) groups is 1. The summed E-state index contributed by atoms with van der Waals surface area (Å²) in [7, 11) is 0. The van der Waals surface area contributed by atoms with Crippen molar-refractivity contribution in [2.75, 3.05) is 18.5 Å². The number of hydrogen-bond acceptors (Lipinski definition) is 6. The number of hydrogen-bond donors (Lipinski definition) is 1. The lowest BCUT2D eigenvalue weighted by Crippen LogP contribution is -2.07. The molecule has 0 unspecified atom stereocenters. The minimum Gasteiger partial charge on any atom is -0.462 e. The maximum atomic E-state index is 11.9. The third-order valence-corrected chi connectivity index (χ3v) is 3.49. The Hall–Kier alpha value is -1.40. The predicted octanol–water partition coefficient (Wildman–Crippen LogP) is 3.34. The Morgan fingerprint density at radius 2 is 2.26 bits per heavy atom. The van der Waals surface area contributed by atoms with Gasteiger partial charge in [0.1, 0.15) is 10.6 Å². The van der Waals surface area contributed by atoms with E-state index in [0.29, 0.717) is 28.2 Å². The molecule has 1 N–H and O–H groups in total. The lowest BCUT2D eigenvalue weighted by Gasteiger charge is -2.07. The van der Waals surface area contributed by atoms with Gasteiger partial charge in [0.25, 0.3) is 0 Å². The molecule has 0 aromatic carbocycles. The molecule has 0 bridgehead atoms. The van der Waals surface area contributed by atoms with Crippen LogP contribution >= 0.6 is 22.9 Å². The number of nitrogens with one attached hydrogen (secondary N) is 1. The van der Waals surface area contributed by atoms with E-state index in [9.17, 15) is 4.79 Å². The maximum Gasteiger partial charge on any atom is 0.339 e. The van der Waals surface area contributed by atoms with Crippen molar-refractivity contribution in [3.8, 4) is 0 Å². The smallest absolute Gasteiger partial charge is 0.339 e. The van der Waals surface area contributed by atoms with Crippen LogP contribution in [0.1, 0.15) is 30.6 Å². The molecule has 0 aliphatic carbocycles. The lowest BCUT2D eigenvalue weighted by atomic mass is 10.2. The number of rotatable bonds is 5. The summed E-state index contributed by atoms with van der Waals surface area (Å²) >= 11 is 7.23. The highest BCUT2D eigenvalue weighted by atomic mass is 35.5. The number of thiophene rings is 1. The highest BCUT2D eigenvalue weighted by Crippen LogP contribution is 2.31. The SMILES string of the molecule is CCCNc1nc(Cl)nc2scc(C(=O)OCC)c12. The molecular formula is C12H14ClN3O2S. The predicted molar refractivity (Wildman–Crippen MR) is 77.2 cm³/mol. The van der Waals surface area contributed by atoms with Gasteiger partial charge in [-0.05, 0) is 24.9 Å². The summed E-state index contributed by atoms with van der Waals surface area (Å²) in [5.41, 5.74) is 0.483. The van der Waals surface area contributed by atoms with Gasteiger partial charge in [-0.3, -0.25) is 0 Å². The molecule has 0 spiro atoms. The molecule has 0 saturated heterocycles. The standard InChI is InChI=1S/C12H14ClN3O2S/c1-3-5-14-9-8-7(11(17)18-4-2)6-19-10(8)16-12(13)15-9/h6H,3-5H2,1-2H3,(H,14,15,16). The molecular weight excluding hydrogens is 286 g/mol. The van der Waals surface area contributed by atoms with Crippen molar-refractivity contribution in [2.24, 2.45) is 0 Å². The Labute approximate surface area is 120 Å². The van der Waals surface area contributed by atoms with Crippen LogP contribution in [-0.4, -0.2) is 29.1 Å². The van der Waals surface area contributed by atoms with Crippen LogP contribution in [0.3, 0.4) is 0 Å². The number of ether oxygens (including phenoxy) is 1. The number of esters is 1. The van der Waals surface area contributed by atoms with Crippen LogP contribution in [0.2, 0.25) is 5.28 Å². The van der Waals surface area contributed by atoms with Gasteiger partial charge in [0.15, 0.2) is 0 Å². The van der Waals surface area contributed by atoms with E-state index in [4.69, 9.17) is 16.3 Å². The van der Waals surface area contributed by atoms with E-state index in [0.717, 1.165) is 13.0 Å². The molecule has 7 heteroatoms. The first-order chi connectivity index (χ1) is 9.17. The fourth-order valence-electron chi connectivity index (χ4n) is 1.65. The molecule has 0 fully saturated rings. The topological polar surface area (TPSA) is 64.1 Å². The molecule has 2 aromatic heterocycles. The van der Waals surface area contributed by atoms with Gasteiger partial charge in [0.05, 0.1) is 17.6 Å². The van der Waals surface area contributed by atoms with Gasteiger partial charge in [-0.15, -0.1) is 11.3 Å². The molecule has 0 saturated carbocycles. The largest absolute Gasteiger partial charge is 0.462 e. The van der Waals surface area contributed by atoms with E-state index >= 15 is 0 Å². The third kappa shape index (κ3) is 2.96. The Morgan fingerprint density at radius 3 is 2.95 bits per heavy atom. The highest BCUT2D eigenvalue weighted by molar-refractivity contribution is 7.17. The van der Waals surface area contributed by atoms with E-state index in [1.807, 2.05) is 6.92 Å². The summed E-state index contributed by atoms with van der Waals surface area (Å²) in [6.45, 7) is 4.91. The Kier molecular flexibility index (Phi) is 4.55.